The first kappa shape index (κ1) is 24.4. The lowest BCUT2D eigenvalue weighted by Gasteiger charge is -2.42. The van der Waals surface area contributed by atoms with Crippen LogP contribution in [0.4, 0.5) is 16.2 Å². The van der Waals surface area contributed by atoms with Gasteiger partial charge >= 0.3 is 6.03 Å². The molecule has 9 heteroatoms. The third kappa shape index (κ3) is 5.86. The number of para-hydroxylation sites is 1. The van der Waals surface area contributed by atoms with E-state index >= 15 is 0 Å². The molecular weight excluding hydrogens is 483 g/mol. The van der Waals surface area contributed by atoms with Gasteiger partial charge in [-0.3, -0.25) is 5.32 Å². The molecule has 1 saturated heterocycles. The minimum absolute atomic E-state index is 0.248. The summed E-state index contributed by atoms with van der Waals surface area (Å²) in [6, 6.07) is 22.0. The number of carbonyl (C=O) groups excluding carboxylic acids is 1. The van der Waals surface area contributed by atoms with Gasteiger partial charge in [-0.05, 0) is 42.3 Å². The fourth-order valence-electron chi connectivity index (χ4n) is 3.98. The summed E-state index contributed by atoms with van der Waals surface area (Å²) in [4.78, 5) is 21.8. The van der Waals surface area contributed by atoms with Gasteiger partial charge in [0.25, 0.3) is 0 Å². The van der Waals surface area contributed by atoms with E-state index in [0.29, 0.717) is 41.3 Å². The van der Waals surface area contributed by atoms with E-state index in [2.05, 4.69) is 10.6 Å². The van der Waals surface area contributed by atoms with Crippen LogP contribution in [0.15, 0.2) is 77.8 Å². The fourth-order valence-corrected chi connectivity index (χ4v) is 4.28. The Morgan fingerprint density at radius 2 is 1.77 bits per heavy atom. The number of hydrogen-bond donors (Lipinski definition) is 2. The van der Waals surface area contributed by atoms with E-state index < -0.39 is 0 Å². The highest BCUT2D eigenvalue weighted by Gasteiger charge is 2.33. The number of piperazine rings is 1. The van der Waals surface area contributed by atoms with E-state index in [1.165, 1.54) is 0 Å². The SMILES string of the molecule is Cc1ccccc1N=C(NC#N)N1CCN(C(=O)Nc2ccc(Cl)c(Cl)c2)C(c2ccccc2)C1. The molecule has 0 aliphatic carbocycles. The highest BCUT2D eigenvalue weighted by atomic mass is 35.5. The van der Waals surface area contributed by atoms with E-state index in [1.807, 2.05) is 72.6 Å². The summed E-state index contributed by atoms with van der Waals surface area (Å²) >= 11 is 12.1. The number of nitrogens with one attached hydrogen (secondary N) is 2. The van der Waals surface area contributed by atoms with Gasteiger partial charge < -0.3 is 15.1 Å². The lowest BCUT2D eigenvalue weighted by molar-refractivity contribution is 0.135. The number of carbonyl (C=O) groups is 1. The zero-order valence-corrected chi connectivity index (χ0v) is 20.6. The Morgan fingerprint density at radius 1 is 1.03 bits per heavy atom. The van der Waals surface area contributed by atoms with Gasteiger partial charge in [-0.1, -0.05) is 71.7 Å². The number of urea groups is 1. The van der Waals surface area contributed by atoms with E-state index in [9.17, 15) is 10.1 Å². The normalized spacial score (nSPS) is 15.9. The molecule has 1 unspecified atom stereocenters. The number of amides is 2. The van der Waals surface area contributed by atoms with Crippen molar-refractivity contribution in [3.05, 3.63) is 94.0 Å². The molecule has 4 rings (SSSR count). The van der Waals surface area contributed by atoms with Crippen LogP contribution in [0.5, 0.6) is 0 Å². The molecule has 0 spiro atoms. The molecule has 1 fully saturated rings. The zero-order valence-electron chi connectivity index (χ0n) is 19.1. The molecule has 0 radical (unpaired) electrons. The molecule has 1 atom stereocenters. The van der Waals surface area contributed by atoms with Crippen LogP contribution >= 0.6 is 23.2 Å². The Bertz CT molecular complexity index is 1270. The summed E-state index contributed by atoms with van der Waals surface area (Å²) in [5.41, 5.74) is 3.32. The molecule has 2 N–H and O–H groups in total. The van der Waals surface area contributed by atoms with Gasteiger partial charge in [0, 0.05) is 25.3 Å². The maximum absolute atomic E-state index is 13.3. The second-order valence-corrected chi connectivity index (χ2v) is 8.90. The van der Waals surface area contributed by atoms with Crippen molar-refractivity contribution in [3.63, 3.8) is 0 Å². The number of halogens is 2. The minimum Gasteiger partial charge on any atom is -0.338 e. The van der Waals surface area contributed by atoms with Crippen LogP contribution in [0, 0.1) is 18.4 Å². The van der Waals surface area contributed by atoms with Gasteiger partial charge in [-0.15, -0.1) is 0 Å². The molecule has 1 aliphatic heterocycles. The van der Waals surface area contributed by atoms with Crippen molar-refractivity contribution < 1.29 is 4.79 Å². The number of benzene rings is 3. The number of guanidine groups is 1. The summed E-state index contributed by atoms with van der Waals surface area (Å²) in [6.07, 6.45) is 2.00. The molecule has 3 aromatic rings. The molecule has 0 saturated carbocycles. The largest absolute Gasteiger partial charge is 0.338 e. The highest BCUT2D eigenvalue weighted by Crippen LogP contribution is 2.29. The van der Waals surface area contributed by atoms with Crippen molar-refractivity contribution in [2.75, 3.05) is 25.0 Å². The molecule has 1 aliphatic rings. The van der Waals surface area contributed by atoms with Crippen LogP contribution in [-0.2, 0) is 0 Å². The molecule has 2 amide bonds. The number of nitriles is 1. The number of aryl methyl sites for hydroxylation is 1. The van der Waals surface area contributed by atoms with Crippen molar-refractivity contribution in [2.45, 2.75) is 13.0 Å². The zero-order chi connectivity index (χ0) is 24.8. The number of aliphatic imine (C=N–C) groups is 1. The van der Waals surface area contributed by atoms with Crippen molar-refractivity contribution in [1.82, 2.24) is 15.1 Å². The van der Waals surface area contributed by atoms with E-state index in [4.69, 9.17) is 28.2 Å². The second kappa shape index (κ2) is 11.1. The predicted molar refractivity (Wildman–Crippen MR) is 140 cm³/mol. The predicted octanol–water partition coefficient (Wildman–Crippen LogP) is 5.95. The maximum Gasteiger partial charge on any atom is 0.322 e. The third-order valence-corrected chi connectivity index (χ3v) is 6.54. The van der Waals surface area contributed by atoms with Crippen LogP contribution in [0.1, 0.15) is 17.2 Å². The molecule has 0 bridgehead atoms. The van der Waals surface area contributed by atoms with E-state index in [0.717, 1.165) is 16.8 Å². The number of hydrogen-bond acceptors (Lipinski definition) is 3. The Labute approximate surface area is 214 Å². The molecule has 7 nitrogen and oxygen atoms in total. The Kier molecular flexibility index (Phi) is 7.76. The third-order valence-electron chi connectivity index (χ3n) is 5.81. The summed E-state index contributed by atoms with van der Waals surface area (Å²) in [5.74, 6) is 0.451. The second-order valence-electron chi connectivity index (χ2n) is 8.08. The molecule has 178 valence electrons. The first-order chi connectivity index (χ1) is 17.0. The number of nitrogens with zero attached hydrogens (tertiary/aromatic N) is 4. The van der Waals surface area contributed by atoms with Crippen LogP contribution in [0.25, 0.3) is 0 Å². The topological polar surface area (TPSA) is 83.8 Å². The van der Waals surface area contributed by atoms with Crippen molar-refractivity contribution in [1.29, 1.82) is 5.26 Å². The van der Waals surface area contributed by atoms with E-state index in [1.54, 1.807) is 23.1 Å². The molecule has 1 heterocycles. The maximum atomic E-state index is 13.3. The lowest BCUT2D eigenvalue weighted by atomic mass is 10.0. The number of rotatable bonds is 3. The van der Waals surface area contributed by atoms with Gasteiger partial charge in [0.2, 0.25) is 5.96 Å². The van der Waals surface area contributed by atoms with Gasteiger partial charge in [0.15, 0.2) is 6.19 Å². The highest BCUT2D eigenvalue weighted by molar-refractivity contribution is 6.42. The van der Waals surface area contributed by atoms with Crippen molar-refractivity contribution in [3.8, 4) is 6.19 Å². The molecule has 0 aromatic heterocycles. The van der Waals surface area contributed by atoms with Crippen LogP contribution in [0.3, 0.4) is 0 Å². The average molecular weight is 507 g/mol. The standard InChI is InChI=1S/C26H24Cl2N6O/c1-18-7-5-6-10-23(18)32-25(30-17-29)33-13-14-34(24(16-33)19-8-3-2-4-9-19)26(35)31-20-11-12-21(27)22(28)15-20/h2-12,15,24H,13-14,16H2,1H3,(H,30,32)(H,31,35). The Hall–Kier alpha value is -3.73. The van der Waals surface area contributed by atoms with E-state index in [-0.39, 0.29) is 12.1 Å². The van der Waals surface area contributed by atoms with Gasteiger partial charge in [0.05, 0.1) is 21.8 Å². The van der Waals surface area contributed by atoms with Crippen LogP contribution in [-0.4, -0.2) is 41.4 Å². The van der Waals surface area contributed by atoms with Gasteiger partial charge in [-0.25, -0.2) is 9.79 Å². The van der Waals surface area contributed by atoms with Crippen LogP contribution in [0.2, 0.25) is 10.0 Å². The molecular formula is C26H24Cl2N6O. The first-order valence-electron chi connectivity index (χ1n) is 11.1. The summed E-state index contributed by atoms with van der Waals surface area (Å²) < 4.78 is 0. The van der Waals surface area contributed by atoms with Gasteiger partial charge in [0.1, 0.15) is 0 Å². The fraction of sp³-hybridized carbons (Fsp3) is 0.192. The quantitative estimate of drug-likeness (QED) is 0.199. The lowest BCUT2D eigenvalue weighted by Crippen LogP contribution is -2.55. The molecule has 35 heavy (non-hydrogen) atoms. The Balaban J connectivity index is 1.61. The monoisotopic (exact) mass is 506 g/mol. The summed E-state index contributed by atoms with van der Waals surface area (Å²) in [6.45, 7) is 3.35. The number of anilines is 1. The average Bonchev–Trinajstić information content (AvgIpc) is 2.87. The van der Waals surface area contributed by atoms with Crippen molar-refractivity contribution in [2.24, 2.45) is 4.99 Å². The smallest absolute Gasteiger partial charge is 0.322 e. The van der Waals surface area contributed by atoms with Gasteiger partial charge in [-0.2, -0.15) is 5.26 Å². The molecule has 3 aromatic carbocycles. The van der Waals surface area contributed by atoms with Crippen molar-refractivity contribution >= 4 is 46.6 Å². The van der Waals surface area contributed by atoms with Crippen LogP contribution < -0.4 is 10.6 Å². The Morgan fingerprint density at radius 3 is 2.49 bits per heavy atom. The summed E-state index contributed by atoms with van der Waals surface area (Å²) in [5, 5.41) is 15.8. The minimum atomic E-state index is -0.268. The summed E-state index contributed by atoms with van der Waals surface area (Å²) in [7, 11) is 0. The first-order valence-corrected chi connectivity index (χ1v) is 11.8.